The van der Waals surface area contributed by atoms with Gasteiger partial charge in [-0.25, -0.2) is 9.13 Å². The summed E-state index contributed by atoms with van der Waals surface area (Å²) >= 11 is 0. The second-order valence-electron chi connectivity index (χ2n) is 31.4. The third-order valence-corrected chi connectivity index (χ3v) is 22.2. The fourth-order valence-corrected chi connectivity index (χ4v) is 15.1. The number of aliphatic hydroxyl groups is 1. The molecular weight excluding hydrogens is 1370 g/mol. The van der Waals surface area contributed by atoms with Gasteiger partial charge in [0.15, 0.2) is 12.2 Å². The van der Waals surface area contributed by atoms with Crippen LogP contribution in [0.4, 0.5) is 0 Å². The molecule has 0 fully saturated rings. The van der Waals surface area contributed by atoms with Crippen molar-refractivity contribution in [3.05, 3.63) is 0 Å². The van der Waals surface area contributed by atoms with Gasteiger partial charge < -0.3 is 33.8 Å². The van der Waals surface area contributed by atoms with Crippen molar-refractivity contribution >= 4 is 39.5 Å². The van der Waals surface area contributed by atoms with E-state index in [0.717, 1.165) is 96.3 Å². The number of hydrogen-bond acceptors (Lipinski definition) is 15. The van der Waals surface area contributed by atoms with Crippen molar-refractivity contribution in [1.82, 2.24) is 0 Å². The van der Waals surface area contributed by atoms with Gasteiger partial charge in [0, 0.05) is 25.7 Å². The first kappa shape index (κ1) is 103. The van der Waals surface area contributed by atoms with Crippen molar-refractivity contribution < 1.29 is 80.2 Å². The van der Waals surface area contributed by atoms with E-state index in [1.807, 2.05) is 0 Å². The summed E-state index contributed by atoms with van der Waals surface area (Å²) in [6.45, 7) is 7.28. The summed E-state index contributed by atoms with van der Waals surface area (Å²) in [5, 5.41) is 10.7. The molecule has 0 aliphatic rings. The summed E-state index contributed by atoms with van der Waals surface area (Å²) < 4.78 is 68.8. The molecule has 0 heterocycles. The lowest BCUT2D eigenvalue weighted by atomic mass is 10.0. The largest absolute Gasteiger partial charge is 0.472 e. The van der Waals surface area contributed by atoms with Crippen LogP contribution < -0.4 is 0 Å². The third kappa shape index (κ3) is 79.9. The minimum atomic E-state index is -4.97. The van der Waals surface area contributed by atoms with Gasteiger partial charge in [-0.15, -0.1) is 0 Å². The third-order valence-electron chi connectivity index (χ3n) is 20.3. The molecule has 0 aliphatic carbocycles. The van der Waals surface area contributed by atoms with Gasteiger partial charge in [-0.1, -0.05) is 413 Å². The Bertz CT molecular complexity index is 2000. The summed E-state index contributed by atoms with van der Waals surface area (Å²) in [6.07, 6.45) is 72.5. The zero-order chi connectivity index (χ0) is 76.9. The molecule has 0 aromatic heterocycles. The predicted octanol–water partition coefficient (Wildman–Crippen LogP) is 26.4. The van der Waals surface area contributed by atoms with Crippen molar-refractivity contribution in [3.63, 3.8) is 0 Å². The smallest absolute Gasteiger partial charge is 0.462 e. The van der Waals surface area contributed by atoms with Gasteiger partial charge in [0.05, 0.1) is 26.4 Å². The molecule has 0 radical (unpaired) electrons. The van der Waals surface area contributed by atoms with Crippen molar-refractivity contribution in [1.29, 1.82) is 0 Å². The molecule has 0 amide bonds. The van der Waals surface area contributed by atoms with Crippen LogP contribution in [0.15, 0.2) is 0 Å². The van der Waals surface area contributed by atoms with Crippen molar-refractivity contribution in [2.45, 2.75) is 483 Å². The Hall–Kier alpha value is -1.94. The van der Waals surface area contributed by atoms with Crippen LogP contribution >= 0.6 is 15.6 Å². The highest BCUT2D eigenvalue weighted by Gasteiger charge is 2.30. The van der Waals surface area contributed by atoms with Crippen LogP contribution in [0, 0.1) is 5.92 Å². The van der Waals surface area contributed by atoms with Crippen LogP contribution in [0.2, 0.25) is 0 Å². The fraction of sp³-hybridized carbons (Fsp3) is 0.953. The molecule has 17 nitrogen and oxygen atoms in total. The lowest BCUT2D eigenvalue weighted by Gasteiger charge is -2.21. The van der Waals surface area contributed by atoms with Crippen molar-refractivity contribution in [3.8, 4) is 0 Å². The van der Waals surface area contributed by atoms with Gasteiger partial charge in [-0.3, -0.25) is 37.3 Å². The van der Waals surface area contributed by atoms with E-state index in [9.17, 15) is 43.2 Å². The standard InChI is InChI=1S/C86H168O17P2/c1-6-9-12-15-18-21-24-27-30-33-35-36-38-40-43-46-49-52-55-62-67-71-85(90)102-81(75-96-83(88)69-64-59-53-50-47-44-42-39-37-34-31-28-25-22-19-16-13-10-7-2)77-100-104(92,93)98-73-80(87)74-99-105(94,95)101-78-82(76-97-84(89)70-65-60-57-56-58-63-68-79(4)5)103-86(91)72-66-61-54-51-48-45-41-32-29-26-23-20-17-14-11-8-3/h79-82,87H,6-78H2,1-5H3,(H,92,93)(H,94,95)/t80-,81-,82-/m1/s1. The van der Waals surface area contributed by atoms with Crippen LogP contribution in [0.3, 0.4) is 0 Å². The van der Waals surface area contributed by atoms with E-state index >= 15 is 0 Å². The van der Waals surface area contributed by atoms with E-state index in [1.54, 1.807) is 0 Å². The quantitative estimate of drug-likeness (QED) is 0.0222. The number of phosphoric acid groups is 2. The Morgan fingerprint density at radius 3 is 0.648 bits per heavy atom. The number of carbonyl (C=O) groups is 4. The molecular formula is C86H168O17P2. The Kier molecular flexibility index (Phi) is 77.3. The minimum Gasteiger partial charge on any atom is -0.462 e. The van der Waals surface area contributed by atoms with Crippen LogP contribution in [0.1, 0.15) is 465 Å². The number of phosphoric ester groups is 2. The molecule has 3 N–H and O–H groups in total. The maximum Gasteiger partial charge on any atom is 0.472 e. The van der Waals surface area contributed by atoms with Crippen LogP contribution in [0.25, 0.3) is 0 Å². The monoisotopic (exact) mass is 1540 g/mol. The highest BCUT2D eigenvalue weighted by atomic mass is 31.2. The second-order valence-corrected chi connectivity index (χ2v) is 34.3. The highest BCUT2D eigenvalue weighted by molar-refractivity contribution is 7.47. The average molecular weight is 1540 g/mol. The maximum atomic E-state index is 13.1. The Morgan fingerprint density at radius 1 is 0.257 bits per heavy atom. The molecule has 105 heavy (non-hydrogen) atoms. The molecule has 624 valence electrons. The van der Waals surface area contributed by atoms with Crippen LogP contribution in [-0.2, 0) is 65.4 Å². The minimum absolute atomic E-state index is 0.108. The molecule has 0 rings (SSSR count). The zero-order valence-electron chi connectivity index (χ0n) is 68.9. The number of rotatable bonds is 86. The second kappa shape index (κ2) is 78.7. The van der Waals surface area contributed by atoms with Gasteiger partial charge in [0.25, 0.3) is 0 Å². The predicted molar refractivity (Wildman–Crippen MR) is 432 cm³/mol. The molecule has 19 heteroatoms. The molecule has 0 aromatic carbocycles. The molecule has 0 aliphatic heterocycles. The molecule has 5 atom stereocenters. The number of ether oxygens (including phenoxy) is 4. The number of aliphatic hydroxyl groups excluding tert-OH is 1. The number of carbonyl (C=O) groups excluding carboxylic acids is 4. The number of hydrogen-bond donors (Lipinski definition) is 3. The van der Waals surface area contributed by atoms with E-state index in [1.165, 1.54) is 283 Å². The summed E-state index contributed by atoms with van der Waals surface area (Å²) in [6, 6.07) is 0. The van der Waals surface area contributed by atoms with E-state index in [2.05, 4.69) is 34.6 Å². The van der Waals surface area contributed by atoms with Gasteiger partial charge in [0.1, 0.15) is 19.3 Å². The summed E-state index contributed by atoms with van der Waals surface area (Å²) in [5.41, 5.74) is 0. The summed E-state index contributed by atoms with van der Waals surface area (Å²) in [4.78, 5) is 73.2. The van der Waals surface area contributed by atoms with Crippen LogP contribution in [0.5, 0.6) is 0 Å². The average Bonchev–Trinajstić information content (AvgIpc) is 0.917. The molecule has 0 aromatic rings. The number of esters is 4. The highest BCUT2D eigenvalue weighted by Crippen LogP contribution is 2.45. The Labute approximate surface area is 645 Å². The molecule has 0 saturated heterocycles. The molecule has 0 bridgehead atoms. The topological polar surface area (TPSA) is 237 Å². The number of unbranched alkanes of at least 4 members (excludes halogenated alkanes) is 58. The lowest BCUT2D eigenvalue weighted by molar-refractivity contribution is -0.161. The summed E-state index contributed by atoms with van der Waals surface area (Å²) in [5.74, 6) is -1.42. The van der Waals surface area contributed by atoms with Crippen molar-refractivity contribution in [2.75, 3.05) is 39.6 Å². The van der Waals surface area contributed by atoms with E-state index in [-0.39, 0.29) is 25.7 Å². The molecule has 2 unspecified atom stereocenters. The SMILES string of the molecule is CCCCCCCCCCCCCCCCCCCCCCCC(=O)O[C@H](COC(=O)CCCCCCCCCCCCCCCCCCCCC)COP(=O)(O)OC[C@@H](O)COP(=O)(O)OC[C@@H](COC(=O)CCCCCCCCC(C)C)OC(=O)CCCCCCCCCCCCCCCCCC. The fourth-order valence-electron chi connectivity index (χ4n) is 13.5. The summed E-state index contributed by atoms with van der Waals surface area (Å²) in [7, 11) is -9.92. The maximum absolute atomic E-state index is 13.1. The molecule has 0 saturated carbocycles. The normalized spacial score (nSPS) is 13.8. The van der Waals surface area contributed by atoms with E-state index in [4.69, 9.17) is 37.0 Å². The van der Waals surface area contributed by atoms with Gasteiger partial charge in [-0.05, 0) is 31.6 Å². The Balaban J connectivity index is 5.20. The van der Waals surface area contributed by atoms with Crippen LogP contribution in [-0.4, -0.2) is 96.7 Å². The van der Waals surface area contributed by atoms with E-state index < -0.39 is 97.5 Å². The first-order chi connectivity index (χ1) is 51.0. The molecule has 0 spiro atoms. The van der Waals surface area contributed by atoms with E-state index in [0.29, 0.717) is 31.6 Å². The van der Waals surface area contributed by atoms with Crippen molar-refractivity contribution in [2.24, 2.45) is 5.92 Å². The van der Waals surface area contributed by atoms with Gasteiger partial charge in [-0.2, -0.15) is 0 Å². The lowest BCUT2D eigenvalue weighted by Crippen LogP contribution is -2.30. The Morgan fingerprint density at radius 2 is 0.438 bits per heavy atom. The zero-order valence-corrected chi connectivity index (χ0v) is 70.7. The van der Waals surface area contributed by atoms with Gasteiger partial charge >= 0.3 is 39.5 Å². The first-order valence-corrected chi connectivity index (χ1v) is 47.6. The first-order valence-electron chi connectivity index (χ1n) is 44.6. The van der Waals surface area contributed by atoms with Gasteiger partial charge in [0.2, 0.25) is 0 Å².